The summed E-state index contributed by atoms with van der Waals surface area (Å²) in [5.74, 6) is 0. The average molecular weight is 315 g/mol. The molecule has 1 aromatic rings. The first kappa shape index (κ1) is 8.86. The van der Waals surface area contributed by atoms with Gasteiger partial charge in [-0.15, -0.1) is 0 Å². The summed E-state index contributed by atoms with van der Waals surface area (Å²) < 4.78 is 0. The molecule has 0 heterocycles. The van der Waals surface area contributed by atoms with Crippen LogP contribution in [0.25, 0.3) is 6.08 Å². The zero-order valence-electron chi connectivity index (χ0n) is 5.17. The molecule has 1 heteroatoms. The minimum atomic E-state index is 0. The van der Waals surface area contributed by atoms with Gasteiger partial charge in [-0.3, -0.25) is 0 Å². The molecule has 0 aliphatic carbocycles. The van der Waals surface area contributed by atoms with Gasteiger partial charge in [-0.1, -0.05) is 43.0 Å². The van der Waals surface area contributed by atoms with Crippen molar-refractivity contribution < 1.29 is 0 Å². The van der Waals surface area contributed by atoms with E-state index in [2.05, 4.69) is 6.58 Å². The van der Waals surface area contributed by atoms with Crippen LogP contribution < -0.4 is 0 Å². The van der Waals surface area contributed by atoms with E-state index in [1.807, 2.05) is 36.4 Å². The van der Waals surface area contributed by atoms with Crippen molar-refractivity contribution in [2.24, 2.45) is 0 Å². The van der Waals surface area contributed by atoms with E-state index in [1.54, 1.807) is 0 Å². The van der Waals surface area contributed by atoms with E-state index < -0.39 is 0 Å². The second-order valence-electron chi connectivity index (χ2n) is 1.61. The first-order valence-electron chi connectivity index (χ1n) is 2.61. The Balaban J connectivity index is 0.000000640. The van der Waals surface area contributed by atoms with Gasteiger partial charge in [-0.25, -0.2) is 0 Å². The second-order valence-corrected chi connectivity index (χ2v) is 1.61. The van der Waals surface area contributed by atoms with Gasteiger partial charge >= 0.3 is 26.6 Å². The number of rotatable bonds is 1. The molecule has 0 N–H and O–H groups in total. The van der Waals surface area contributed by atoms with Crippen LogP contribution in [0.3, 0.4) is 0 Å². The summed E-state index contributed by atoms with van der Waals surface area (Å²) in [6, 6.07) is 10.0. The van der Waals surface area contributed by atoms with Gasteiger partial charge < -0.3 is 0 Å². The van der Waals surface area contributed by atoms with Crippen LogP contribution in [0.1, 0.15) is 5.56 Å². The van der Waals surface area contributed by atoms with Gasteiger partial charge in [0.05, 0.1) is 0 Å². The molecule has 0 fully saturated rings. The molecule has 0 nitrogen and oxygen atoms in total. The third-order valence-electron chi connectivity index (χ3n) is 1.04. The van der Waals surface area contributed by atoms with Crippen LogP contribution in [0.5, 0.6) is 0 Å². The quantitative estimate of drug-likeness (QED) is 0.735. The molecule has 0 radical (unpaired) electrons. The van der Waals surface area contributed by atoms with Crippen LogP contribution in [0.4, 0.5) is 0 Å². The van der Waals surface area contributed by atoms with Gasteiger partial charge in [-0.2, -0.15) is 0 Å². The number of benzene rings is 1. The fourth-order valence-corrected chi connectivity index (χ4v) is 0.589. The van der Waals surface area contributed by atoms with E-state index in [0.29, 0.717) is 0 Å². The van der Waals surface area contributed by atoms with Gasteiger partial charge in [0.25, 0.3) is 0 Å². The molecule has 0 aromatic heterocycles. The van der Waals surface area contributed by atoms with Crippen molar-refractivity contribution in [3.63, 3.8) is 0 Å². The van der Waals surface area contributed by atoms with Crippen molar-refractivity contribution in [3.8, 4) is 0 Å². The Morgan fingerprint density at radius 2 is 1.67 bits per heavy atom. The first-order chi connectivity index (χ1) is 3.93. The average Bonchev–Trinajstić information content (AvgIpc) is 1.90. The molecule has 9 heavy (non-hydrogen) atoms. The maximum atomic E-state index is 3.63. The Morgan fingerprint density at radius 3 is 2.00 bits per heavy atom. The predicted molar refractivity (Wildman–Crippen MR) is 45.1 cm³/mol. The fourth-order valence-electron chi connectivity index (χ4n) is 0.589. The van der Waals surface area contributed by atoms with Crippen LogP contribution in [-0.2, 0) is 0 Å². The number of hydrogen-bond donors (Lipinski definition) is 0. The Kier molecular flexibility index (Phi) is 4.63. The van der Waals surface area contributed by atoms with Gasteiger partial charge in [-0.05, 0) is 5.56 Å². The minimum absolute atomic E-state index is 0. The van der Waals surface area contributed by atoms with E-state index in [0.717, 1.165) is 0 Å². The van der Waals surface area contributed by atoms with E-state index in [1.165, 1.54) is 5.56 Å². The Bertz CT molecular complexity index is 167. The molecule has 0 spiro atoms. The second kappa shape index (κ2) is 4.71. The van der Waals surface area contributed by atoms with E-state index in [-0.39, 0.29) is 26.6 Å². The molecular formula is C8H10Po. The summed E-state index contributed by atoms with van der Waals surface area (Å²) in [7, 11) is 0. The summed E-state index contributed by atoms with van der Waals surface area (Å²) in [4.78, 5) is 0. The molecule has 0 bridgehead atoms. The first-order valence-corrected chi connectivity index (χ1v) is 2.61. The van der Waals surface area contributed by atoms with Crippen LogP contribution >= 0.6 is 0 Å². The summed E-state index contributed by atoms with van der Waals surface area (Å²) in [5.41, 5.74) is 1.17. The predicted octanol–water partition coefficient (Wildman–Crippen LogP) is 1.41. The van der Waals surface area contributed by atoms with Gasteiger partial charge in [0, 0.05) is 0 Å². The molecule has 0 saturated carbocycles. The molecule has 0 aliphatic rings. The standard InChI is InChI=1S/C8H8.Po.2H/c1-2-8-6-4-3-5-7-8;;;/h2-7H,1H2;;;. The summed E-state index contributed by atoms with van der Waals surface area (Å²) in [6.07, 6.45) is 1.83. The third kappa shape index (κ3) is 2.77. The molecule has 48 valence electrons. The molecule has 0 unspecified atom stereocenters. The van der Waals surface area contributed by atoms with Gasteiger partial charge in [0.1, 0.15) is 0 Å². The Hall–Kier alpha value is -0.144. The zero-order valence-corrected chi connectivity index (χ0v) is 9.06. The van der Waals surface area contributed by atoms with Crippen molar-refractivity contribution in [2.75, 3.05) is 0 Å². The SMILES string of the molecule is C=Cc1ccccc1.[PoH2]. The third-order valence-corrected chi connectivity index (χ3v) is 1.04. The maximum absolute atomic E-state index is 3.63. The Labute approximate surface area is 75.1 Å². The van der Waals surface area contributed by atoms with Crippen molar-refractivity contribution in [1.82, 2.24) is 0 Å². The molecule has 0 saturated heterocycles. The Morgan fingerprint density at radius 1 is 1.11 bits per heavy atom. The summed E-state index contributed by atoms with van der Waals surface area (Å²) in [5, 5.41) is 0. The summed E-state index contributed by atoms with van der Waals surface area (Å²) in [6.45, 7) is 3.63. The number of hydrogen-bond acceptors (Lipinski definition) is 0. The summed E-state index contributed by atoms with van der Waals surface area (Å²) >= 11 is 0. The van der Waals surface area contributed by atoms with E-state index in [9.17, 15) is 0 Å². The van der Waals surface area contributed by atoms with Gasteiger partial charge in [0.2, 0.25) is 0 Å². The monoisotopic (exact) mass is 315 g/mol. The van der Waals surface area contributed by atoms with Crippen molar-refractivity contribution >= 4 is 32.6 Å². The molecule has 0 aliphatic heterocycles. The molecule has 1 aromatic carbocycles. The van der Waals surface area contributed by atoms with E-state index >= 15 is 0 Å². The zero-order chi connectivity index (χ0) is 5.82. The van der Waals surface area contributed by atoms with Crippen molar-refractivity contribution in [2.45, 2.75) is 0 Å². The topological polar surface area (TPSA) is 0 Å². The van der Waals surface area contributed by atoms with E-state index in [4.69, 9.17) is 0 Å². The fraction of sp³-hybridized carbons (Fsp3) is 0. The van der Waals surface area contributed by atoms with Crippen molar-refractivity contribution in [3.05, 3.63) is 42.5 Å². The molecule has 1 rings (SSSR count). The molecular weight excluding hydrogens is 305 g/mol. The van der Waals surface area contributed by atoms with Crippen LogP contribution in [0.15, 0.2) is 36.9 Å². The van der Waals surface area contributed by atoms with Crippen LogP contribution in [-0.4, -0.2) is 26.6 Å². The molecule has 0 amide bonds. The normalized spacial score (nSPS) is 7.56. The van der Waals surface area contributed by atoms with Crippen LogP contribution in [0, 0.1) is 0 Å². The van der Waals surface area contributed by atoms with Crippen LogP contribution in [0.2, 0.25) is 0 Å². The van der Waals surface area contributed by atoms with Gasteiger partial charge in [0.15, 0.2) is 0 Å². The van der Waals surface area contributed by atoms with Crippen molar-refractivity contribution in [1.29, 1.82) is 0 Å². The molecule has 0 atom stereocenters.